The van der Waals surface area contributed by atoms with E-state index in [9.17, 15) is 4.79 Å². The molecular formula is C18H21NO2. The van der Waals surface area contributed by atoms with Crippen molar-refractivity contribution in [1.82, 2.24) is 0 Å². The number of amides is 1. The van der Waals surface area contributed by atoms with E-state index in [2.05, 4.69) is 18.3 Å². The quantitative estimate of drug-likeness (QED) is 0.886. The summed E-state index contributed by atoms with van der Waals surface area (Å²) in [7, 11) is 0. The van der Waals surface area contributed by atoms with Crippen molar-refractivity contribution in [2.75, 3.05) is 11.9 Å². The maximum Gasteiger partial charge on any atom is 0.255 e. The van der Waals surface area contributed by atoms with E-state index in [4.69, 9.17) is 4.74 Å². The lowest BCUT2D eigenvalue weighted by Gasteiger charge is -2.12. The molecule has 1 amide bonds. The van der Waals surface area contributed by atoms with Crippen LogP contribution in [0.4, 0.5) is 5.69 Å². The summed E-state index contributed by atoms with van der Waals surface area (Å²) < 4.78 is 5.66. The minimum atomic E-state index is -0.116. The second-order valence-electron chi connectivity index (χ2n) is 5.18. The number of para-hydroxylation sites is 2. The molecule has 0 aliphatic heterocycles. The van der Waals surface area contributed by atoms with Gasteiger partial charge in [0.1, 0.15) is 5.75 Å². The Kier molecular flexibility index (Phi) is 4.99. The zero-order valence-corrected chi connectivity index (χ0v) is 12.8. The molecule has 0 saturated heterocycles. The van der Waals surface area contributed by atoms with Gasteiger partial charge in [0.25, 0.3) is 5.91 Å². The van der Waals surface area contributed by atoms with E-state index in [0.29, 0.717) is 23.6 Å². The van der Waals surface area contributed by atoms with Crippen molar-refractivity contribution in [1.29, 1.82) is 0 Å². The van der Waals surface area contributed by atoms with Crippen LogP contribution in [0.15, 0.2) is 42.5 Å². The SMILES string of the molecule is CCCOc1ccccc1NC(=O)c1cc(C)cc(C)c1. The molecular weight excluding hydrogens is 262 g/mol. The summed E-state index contributed by atoms with van der Waals surface area (Å²) in [5.74, 6) is 0.589. The second kappa shape index (κ2) is 6.93. The minimum absolute atomic E-state index is 0.116. The molecule has 0 fully saturated rings. The number of hydrogen-bond donors (Lipinski definition) is 1. The predicted molar refractivity (Wildman–Crippen MR) is 86.1 cm³/mol. The Labute approximate surface area is 126 Å². The normalized spacial score (nSPS) is 10.2. The van der Waals surface area contributed by atoms with Crippen LogP contribution in [-0.4, -0.2) is 12.5 Å². The minimum Gasteiger partial charge on any atom is -0.491 e. The molecule has 0 aliphatic rings. The summed E-state index contributed by atoms with van der Waals surface area (Å²) in [6, 6.07) is 13.3. The number of rotatable bonds is 5. The molecule has 0 atom stereocenters. The summed E-state index contributed by atoms with van der Waals surface area (Å²) in [4.78, 5) is 12.4. The number of carbonyl (C=O) groups excluding carboxylic acids is 1. The van der Waals surface area contributed by atoms with Crippen LogP contribution >= 0.6 is 0 Å². The molecule has 110 valence electrons. The number of benzene rings is 2. The molecule has 21 heavy (non-hydrogen) atoms. The van der Waals surface area contributed by atoms with Gasteiger partial charge in [0.05, 0.1) is 12.3 Å². The van der Waals surface area contributed by atoms with Crippen molar-refractivity contribution in [3.8, 4) is 5.75 Å². The Balaban J connectivity index is 2.19. The van der Waals surface area contributed by atoms with Crippen LogP contribution in [0, 0.1) is 13.8 Å². The second-order valence-corrected chi connectivity index (χ2v) is 5.18. The molecule has 3 nitrogen and oxygen atoms in total. The highest BCUT2D eigenvalue weighted by molar-refractivity contribution is 6.05. The standard InChI is InChI=1S/C18H21NO2/c1-4-9-21-17-8-6-5-7-16(17)19-18(20)15-11-13(2)10-14(3)12-15/h5-8,10-12H,4,9H2,1-3H3,(H,19,20). The van der Waals surface area contributed by atoms with Gasteiger partial charge in [-0.3, -0.25) is 4.79 Å². The Hall–Kier alpha value is -2.29. The Morgan fingerprint density at radius 3 is 2.43 bits per heavy atom. The average Bonchev–Trinajstić information content (AvgIpc) is 2.45. The van der Waals surface area contributed by atoms with Gasteiger partial charge in [-0.1, -0.05) is 36.2 Å². The molecule has 3 heteroatoms. The summed E-state index contributed by atoms with van der Waals surface area (Å²) in [5, 5.41) is 2.93. The molecule has 0 heterocycles. The van der Waals surface area contributed by atoms with Crippen molar-refractivity contribution >= 4 is 11.6 Å². The van der Waals surface area contributed by atoms with Crippen LogP contribution in [0.25, 0.3) is 0 Å². The molecule has 0 aromatic heterocycles. The number of nitrogens with one attached hydrogen (secondary N) is 1. The fourth-order valence-corrected chi connectivity index (χ4v) is 2.21. The third-order valence-electron chi connectivity index (χ3n) is 3.08. The fraction of sp³-hybridized carbons (Fsp3) is 0.278. The van der Waals surface area contributed by atoms with E-state index < -0.39 is 0 Å². The molecule has 2 aromatic rings. The van der Waals surface area contributed by atoms with E-state index in [1.807, 2.05) is 50.2 Å². The zero-order valence-electron chi connectivity index (χ0n) is 12.8. The molecule has 0 radical (unpaired) electrons. The number of anilines is 1. The van der Waals surface area contributed by atoms with E-state index in [0.717, 1.165) is 17.5 Å². The fourth-order valence-electron chi connectivity index (χ4n) is 2.21. The highest BCUT2D eigenvalue weighted by Crippen LogP contribution is 2.24. The van der Waals surface area contributed by atoms with E-state index in [-0.39, 0.29) is 5.91 Å². The van der Waals surface area contributed by atoms with Crippen molar-refractivity contribution in [2.45, 2.75) is 27.2 Å². The third-order valence-corrected chi connectivity index (χ3v) is 3.08. The van der Waals surface area contributed by atoms with Gasteiger partial charge >= 0.3 is 0 Å². The van der Waals surface area contributed by atoms with Crippen LogP contribution in [-0.2, 0) is 0 Å². The number of carbonyl (C=O) groups is 1. The molecule has 2 rings (SSSR count). The molecule has 2 aromatic carbocycles. The topological polar surface area (TPSA) is 38.3 Å². The number of aryl methyl sites for hydroxylation is 2. The summed E-state index contributed by atoms with van der Waals surface area (Å²) in [6.07, 6.45) is 0.930. The van der Waals surface area contributed by atoms with Gasteiger partial charge in [0, 0.05) is 5.56 Å². The van der Waals surface area contributed by atoms with Gasteiger partial charge in [0.15, 0.2) is 0 Å². The summed E-state index contributed by atoms with van der Waals surface area (Å²) >= 11 is 0. The first-order chi connectivity index (χ1) is 10.1. The lowest BCUT2D eigenvalue weighted by molar-refractivity contribution is 0.102. The Morgan fingerprint density at radius 1 is 1.10 bits per heavy atom. The lowest BCUT2D eigenvalue weighted by Crippen LogP contribution is -2.13. The Bertz CT molecular complexity index is 615. The van der Waals surface area contributed by atoms with Crippen LogP contribution in [0.2, 0.25) is 0 Å². The van der Waals surface area contributed by atoms with Crippen LogP contribution < -0.4 is 10.1 Å². The highest BCUT2D eigenvalue weighted by atomic mass is 16.5. The molecule has 0 bridgehead atoms. The van der Waals surface area contributed by atoms with E-state index >= 15 is 0 Å². The van der Waals surface area contributed by atoms with E-state index in [1.54, 1.807) is 0 Å². The van der Waals surface area contributed by atoms with Gasteiger partial charge in [-0.2, -0.15) is 0 Å². The molecule has 1 N–H and O–H groups in total. The smallest absolute Gasteiger partial charge is 0.255 e. The van der Waals surface area contributed by atoms with Crippen LogP contribution in [0.5, 0.6) is 5.75 Å². The van der Waals surface area contributed by atoms with Gasteiger partial charge in [0.2, 0.25) is 0 Å². The molecule has 0 aliphatic carbocycles. The first kappa shape index (κ1) is 15.1. The van der Waals surface area contributed by atoms with Crippen LogP contribution in [0.1, 0.15) is 34.8 Å². The van der Waals surface area contributed by atoms with E-state index in [1.165, 1.54) is 0 Å². The zero-order chi connectivity index (χ0) is 15.2. The molecule has 0 unspecified atom stereocenters. The molecule has 0 spiro atoms. The monoisotopic (exact) mass is 283 g/mol. The van der Waals surface area contributed by atoms with Gasteiger partial charge in [-0.15, -0.1) is 0 Å². The van der Waals surface area contributed by atoms with Gasteiger partial charge in [-0.25, -0.2) is 0 Å². The van der Waals surface area contributed by atoms with Crippen molar-refractivity contribution in [3.63, 3.8) is 0 Å². The summed E-state index contributed by atoms with van der Waals surface area (Å²) in [6.45, 7) is 6.66. The van der Waals surface area contributed by atoms with Gasteiger partial charge < -0.3 is 10.1 Å². The average molecular weight is 283 g/mol. The van der Waals surface area contributed by atoms with Crippen molar-refractivity contribution in [3.05, 3.63) is 59.2 Å². The predicted octanol–water partition coefficient (Wildman–Crippen LogP) is 4.34. The largest absolute Gasteiger partial charge is 0.491 e. The van der Waals surface area contributed by atoms with Crippen molar-refractivity contribution < 1.29 is 9.53 Å². The van der Waals surface area contributed by atoms with Crippen LogP contribution in [0.3, 0.4) is 0 Å². The van der Waals surface area contributed by atoms with Crippen molar-refractivity contribution in [2.24, 2.45) is 0 Å². The summed E-state index contributed by atoms with van der Waals surface area (Å²) in [5.41, 5.74) is 3.53. The third kappa shape index (κ3) is 4.09. The number of hydrogen-bond acceptors (Lipinski definition) is 2. The first-order valence-corrected chi connectivity index (χ1v) is 7.21. The first-order valence-electron chi connectivity index (χ1n) is 7.21. The molecule has 0 saturated carbocycles. The maximum absolute atomic E-state index is 12.4. The highest BCUT2D eigenvalue weighted by Gasteiger charge is 2.10. The van der Waals surface area contributed by atoms with Gasteiger partial charge in [-0.05, 0) is 44.5 Å². The lowest BCUT2D eigenvalue weighted by atomic mass is 10.1. The number of ether oxygens (including phenoxy) is 1. The Morgan fingerprint density at radius 2 is 1.76 bits per heavy atom. The maximum atomic E-state index is 12.4.